The Morgan fingerprint density at radius 2 is 1.50 bits per heavy atom. The summed E-state index contributed by atoms with van der Waals surface area (Å²) in [4.78, 5) is 4.65. The maximum atomic E-state index is 5.61. The monoisotopic (exact) mass is 295 g/mol. The Morgan fingerprint density at radius 1 is 0.818 bits per heavy atom. The molecule has 3 aromatic rings. The number of nitrogens with zero attached hydrogens (tertiary/aromatic N) is 1. The number of fused-ring (bicyclic) bond motifs is 2. The van der Waals surface area contributed by atoms with E-state index in [-0.39, 0.29) is 0 Å². The molecule has 5 heteroatoms. The first-order chi connectivity index (χ1) is 10.8. The molecule has 3 rings (SSSR count). The van der Waals surface area contributed by atoms with Gasteiger partial charge in [0.2, 0.25) is 0 Å². The van der Waals surface area contributed by atoms with Crippen molar-refractivity contribution in [3.05, 3.63) is 42.5 Å². The highest BCUT2D eigenvalue weighted by Gasteiger charge is 2.07. The second-order valence-electron chi connectivity index (χ2n) is 5.21. The predicted molar refractivity (Wildman–Crippen MR) is 94.3 cm³/mol. The number of rotatable bonds is 6. The van der Waals surface area contributed by atoms with Crippen molar-refractivity contribution in [2.45, 2.75) is 0 Å². The maximum Gasteiger partial charge on any atom is 0.136 e. The summed E-state index contributed by atoms with van der Waals surface area (Å²) in [6.07, 6.45) is 0. The van der Waals surface area contributed by atoms with Crippen LogP contribution in [0.3, 0.4) is 0 Å². The summed E-state index contributed by atoms with van der Waals surface area (Å²) in [5, 5.41) is 11.2. The molecule has 0 unspecified atom stereocenters. The van der Waals surface area contributed by atoms with E-state index < -0.39 is 0 Å². The number of nitrogens with one attached hydrogen (secondary N) is 2. The van der Waals surface area contributed by atoms with Crippen LogP contribution in [0.25, 0.3) is 21.5 Å². The zero-order chi connectivity index (χ0) is 15.4. The van der Waals surface area contributed by atoms with Crippen molar-refractivity contribution in [2.75, 3.05) is 36.8 Å². The molecule has 0 aliphatic heterocycles. The minimum Gasteiger partial charge on any atom is -0.369 e. The van der Waals surface area contributed by atoms with Gasteiger partial charge in [0.15, 0.2) is 0 Å². The molecule has 0 saturated carbocycles. The smallest absolute Gasteiger partial charge is 0.136 e. The number of hydrogen-bond acceptors (Lipinski definition) is 5. The Labute approximate surface area is 129 Å². The average molecular weight is 295 g/mol. The Bertz CT molecular complexity index is 784. The maximum absolute atomic E-state index is 5.61. The molecule has 0 aliphatic rings. The summed E-state index contributed by atoms with van der Waals surface area (Å²) < 4.78 is 0. The number of hydrogen-bond donors (Lipinski definition) is 4. The van der Waals surface area contributed by atoms with Crippen molar-refractivity contribution >= 4 is 33.2 Å². The van der Waals surface area contributed by atoms with Crippen molar-refractivity contribution in [3.8, 4) is 0 Å². The lowest BCUT2D eigenvalue weighted by molar-refractivity contribution is 1.000. The normalized spacial score (nSPS) is 11.0. The Balaban J connectivity index is 2.14. The quantitative estimate of drug-likeness (QED) is 0.523. The lowest BCUT2D eigenvalue weighted by Gasteiger charge is -2.13. The molecule has 22 heavy (non-hydrogen) atoms. The van der Waals surface area contributed by atoms with Crippen LogP contribution in [0, 0.1) is 0 Å². The van der Waals surface area contributed by atoms with Crippen LogP contribution in [0.1, 0.15) is 0 Å². The molecule has 114 valence electrons. The molecule has 0 saturated heterocycles. The highest BCUT2D eigenvalue weighted by Crippen LogP contribution is 2.29. The summed E-state index contributed by atoms with van der Waals surface area (Å²) in [7, 11) is 0. The summed E-state index contributed by atoms with van der Waals surface area (Å²) in [5.41, 5.74) is 11.2. The zero-order valence-electron chi connectivity index (χ0n) is 12.5. The van der Waals surface area contributed by atoms with Gasteiger partial charge in [-0.3, -0.25) is 0 Å². The van der Waals surface area contributed by atoms with Gasteiger partial charge < -0.3 is 22.1 Å². The molecule has 0 fully saturated rings. The summed E-state index contributed by atoms with van der Waals surface area (Å²) in [6.45, 7) is 2.53. The molecular weight excluding hydrogens is 274 g/mol. The van der Waals surface area contributed by atoms with Gasteiger partial charge in [-0.25, -0.2) is 4.98 Å². The fourth-order valence-electron chi connectivity index (χ4n) is 2.56. The molecule has 0 spiro atoms. The van der Waals surface area contributed by atoms with Gasteiger partial charge in [0.1, 0.15) is 11.6 Å². The van der Waals surface area contributed by atoms with E-state index >= 15 is 0 Å². The largest absolute Gasteiger partial charge is 0.369 e. The summed E-state index contributed by atoms with van der Waals surface area (Å²) in [5.74, 6) is 1.68. The third kappa shape index (κ3) is 2.95. The van der Waals surface area contributed by atoms with Gasteiger partial charge in [-0.2, -0.15) is 0 Å². The SMILES string of the molecule is NCCNc1cc2cc3ccccc3cc2c(NCCN)n1. The second-order valence-corrected chi connectivity index (χ2v) is 5.21. The first-order valence-corrected chi connectivity index (χ1v) is 7.53. The fraction of sp³-hybridized carbons (Fsp3) is 0.235. The lowest BCUT2D eigenvalue weighted by atomic mass is 10.0. The van der Waals surface area contributed by atoms with E-state index in [9.17, 15) is 0 Å². The van der Waals surface area contributed by atoms with Crippen LogP contribution >= 0.6 is 0 Å². The number of aromatic nitrogens is 1. The van der Waals surface area contributed by atoms with Gasteiger partial charge in [0, 0.05) is 31.6 Å². The van der Waals surface area contributed by atoms with E-state index in [1.54, 1.807) is 0 Å². The highest BCUT2D eigenvalue weighted by molar-refractivity contribution is 6.03. The second kappa shape index (κ2) is 6.60. The number of anilines is 2. The first kappa shape index (κ1) is 14.6. The van der Waals surface area contributed by atoms with Crippen molar-refractivity contribution in [1.29, 1.82) is 0 Å². The number of pyridine rings is 1. The van der Waals surface area contributed by atoms with E-state index in [0.29, 0.717) is 26.2 Å². The van der Waals surface area contributed by atoms with Crippen molar-refractivity contribution in [1.82, 2.24) is 4.98 Å². The lowest BCUT2D eigenvalue weighted by Crippen LogP contribution is -2.16. The molecule has 0 aliphatic carbocycles. The molecule has 1 heterocycles. The molecule has 0 bridgehead atoms. The van der Waals surface area contributed by atoms with Crippen LogP contribution < -0.4 is 22.1 Å². The van der Waals surface area contributed by atoms with Crippen LogP contribution in [0.2, 0.25) is 0 Å². The van der Waals surface area contributed by atoms with Crippen LogP contribution in [0.4, 0.5) is 11.6 Å². The van der Waals surface area contributed by atoms with Crippen molar-refractivity contribution in [2.24, 2.45) is 11.5 Å². The van der Waals surface area contributed by atoms with Crippen LogP contribution in [-0.2, 0) is 0 Å². The highest BCUT2D eigenvalue weighted by atomic mass is 15.1. The van der Waals surface area contributed by atoms with E-state index in [2.05, 4.69) is 52.0 Å². The molecule has 0 radical (unpaired) electrons. The molecule has 2 aromatic carbocycles. The molecule has 6 N–H and O–H groups in total. The molecule has 0 amide bonds. The number of benzene rings is 2. The Kier molecular flexibility index (Phi) is 4.37. The molecular formula is C17H21N5. The Hall–Kier alpha value is -2.37. The van der Waals surface area contributed by atoms with Gasteiger partial charge in [0.25, 0.3) is 0 Å². The predicted octanol–water partition coefficient (Wildman–Crippen LogP) is 2.13. The van der Waals surface area contributed by atoms with E-state index in [4.69, 9.17) is 11.5 Å². The van der Waals surface area contributed by atoms with Gasteiger partial charge in [-0.05, 0) is 34.4 Å². The fourth-order valence-corrected chi connectivity index (χ4v) is 2.56. The minimum atomic E-state index is 0.567. The molecule has 1 aromatic heterocycles. The van der Waals surface area contributed by atoms with Gasteiger partial charge in [0.05, 0.1) is 0 Å². The van der Waals surface area contributed by atoms with Crippen molar-refractivity contribution < 1.29 is 0 Å². The molecule has 0 atom stereocenters. The summed E-state index contributed by atoms with van der Waals surface area (Å²) >= 11 is 0. The third-order valence-electron chi connectivity index (χ3n) is 3.58. The first-order valence-electron chi connectivity index (χ1n) is 7.53. The summed E-state index contributed by atoms with van der Waals surface area (Å²) in [6, 6.07) is 14.8. The van der Waals surface area contributed by atoms with Gasteiger partial charge >= 0.3 is 0 Å². The number of nitrogens with two attached hydrogens (primary N) is 2. The van der Waals surface area contributed by atoms with Crippen LogP contribution in [-0.4, -0.2) is 31.2 Å². The van der Waals surface area contributed by atoms with Gasteiger partial charge in [-0.15, -0.1) is 0 Å². The minimum absolute atomic E-state index is 0.567. The topological polar surface area (TPSA) is 89.0 Å². The van der Waals surface area contributed by atoms with Crippen molar-refractivity contribution in [3.63, 3.8) is 0 Å². The Morgan fingerprint density at radius 3 is 2.23 bits per heavy atom. The third-order valence-corrected chi connectivity index (χ3v) is 3.58. The molecule has 5 nitrogen and oxygen atoms in total. The van der Waals surface area contributed by atoms with E-state index in [0.717, 1.165) is 22.4 Å². The van der Waals surface area contributed by atoms with Gasteiger partial charge in [-0.1, -0.05) is 24.3 Å². The average Bonchev–Trinajstić information content (AvgIpc) is 2.56. The van der Waals surface area contributed by atoms with E-state index in [1.807, 2.05) is 6.07 Å². The zero-order valence-corrected chi connectivity index (χ0v) is 12.5. The standard InChI is InChI=1S/C17H21N5/c18-5-7-20-16-11-14-9-12-3-1-2-4-13(12)10-15(14)17(22-16)21-8-6-19/h1-4,9-11H,5-8,18-19H2,(H2,20,21,22). The van der Waals surface area contributed by atoms with E-state index in [1.165, 1.54) is 10.8 Å². The van der Waals surface area contributed by atoms with Crippen LogP contribution in [0.15, 0.2) is 42.5 Å². The van der Waals surface area contributed by atoms with Crippen LogP contribution in [0.5, 0.6) is 0 Å².